The Bertz CT molecular complexity index is 1180. The molecule has 0 spiro atoms. The van der Waals surface area contributed by atoms with Gasteiger partial charge in [-0.25, -0.2) is 0 Å². The van der Waals surface area contributed by atoms with E-state index in [4.69, 9.17) is 4.74 Å². The number of hydrogen-bond donors (Lipinski definition) is 2. The van der Waals surface area contributed by atoms with Gasteiger partial charge in [-0.1, -0.05) is 151 Å². The van der Waals surface area contributed by atoms with Gasteiger partial charge in [-0.15, -0.1) is 0 Å². The summed E-state index contributed by atoms with van der Waals surface area (Å²) in [7, 11) is 0. The molecule has 1 unspecified atom stereocenters. The van der Waals surface area contributed by atoms with Crippen molar-refractivity contribution in [2.75, 3.05) is 45.9 Å². The Balaban J connectivity index is 0.000000382. The molecule has 0 radical (unpaired) electrons. The van der Waals surface area contributed by atoms with Crippen LogP contribution in [0.3, 0.4) is 0 Å². The summed E-state index contributed by atoms with van der Waals surface area (Å²) in [5, 5.41) is 32.8. The molecule has 2 aromatic carbocycles. The Kier molecular flexibility index (Phi) is 20.3. The third kappa shape index (κ3) is 15.0. The van der Waals surface area contributed by atoms with Crippen molar-refractivity contribution in [1.82, 2.24) is 10.2 Å². The summed E-state index contributed by atoms with van der Waals surface area (Å²) in [6.45, 7) is 7.66. The Morgan fingerprint density at radius 1 is 0.673 bits per heavy atom. The Morgan fingerprint density at radius 3 is 1.55 bits per heavy atom. The number of β-amino-alcohol motifs (C(OH)–C–C–N with tert-alkyl or cyclic N) is 1. The zero-order chi connectivity index (χ0) is 34.9. The van der Waals surface area contributed by atoms with E-state index in [2.05, 4.69) is 53.5 Å². The molecule has 270 valence electrons. The number of hydrogen-bond acceptors (Lipinski definition) is 6. The largest absolute Gasteiger partial charge is 0.389 e. The molecule has 2 saturated heterocycles. The van der Waals surface area contributed by atoms with E-state index in [0.717, 1.165) is 70.5 Å². The van der Waals surface area contributed by atoms with Crippen molar-refractivity contribution in [3.63, 3.8) is 0 Å². The van der Waals surface area contributed by atoms with E-state index in [1.807, 2.05) is 36.4 Å². The van der Waals surface area contributed by atoms with Crippen LogP contribution in [0, 0.1) is 22.7 Å². The molecule has 4 rings (SSSR count). The van der Waals surface area contributed by atoms with Crippen LogP contribution in [0.4, 0.5) is 0 Å². The average molecular weight is 671 g/mol. The number of piperidine rings is 2. The molecule has 0 amide bonds. The third-order valence-corrected chi connectivity index (χ3v) is 10.7. The van der Waals surface area contributed by atoms with E-state index in [-0.39, 0.29) is 10.8 Å². The van der Waals surface area contributed by atoms with Gasteiger partial charge in [0.15, 0.2) is 0 Å². The van der Waals surface area contributed by atoms with Gasteiger partial charge < -0.3 is 20.1 Å². The first kappa shape index (κ1) is 40.7. The number of nitrogens with zero attached hydrogens (tertiary/aromatic N) is 3. The van der Waals surface area contributed by atoms with E-state index in [1.54, 1.807) is 0 Å². The van der Waals surface area contributed by atoms with Crippen molar-refractivity contribution in [1.29, 1.82) is 10.5 Å². The number of aliphatic hydroxyl groups is 1. The van der Waals surface area contributed by atoms with Crippen LogP contribution >= 0.6 is 0 Å². The fourth-order valence-corrected chi connectivity index (χ4v) is 7.38. The Labute approximate surface area is 299 Å². The molecule has 1 atom stereocenters. The van der Waals surface area contributed by atoms with Gasteiger partial charge >= 0.3 is 0 Å². The third-order valence-electron chi connectivity index (χ3n) is 10.7. The van der Waals surface area contributed by atoms with Gasteiger partial charge in [0.25, 0.3) is 0 Å². The summed E-state index contributed by atoms with van der Waals surface area (Å²) in [6.07, 6.45) is 22.1. The van der Waals surface area contributed by atoms with Gasteiger partial charge in [0.2, 0.25) is 0 Å². The van der Waals surface area contributed by atoms with Gasteiger partial charge in [0, 0.05) is 26.2 Å². The molecule has 6 nitrogen and oxygen atoms in total. The molecule has 0 bridgehead atoms. The zero-order valence-corrected chi connectivity index (χ0v) is 30.7. The topological polar surface area (TPSA) is 92.3 Å². The summed E-state index contributed by atoms with van der Waals surface area (Å²) in [4.78, 5) is 2.28. The smallest absolute Gasteiger partial charge is 0.0900 e. The van der Waals surface area contributed by atoms with E-state index in [1.165, 1.54) is 89.0 Å². The minimum Gasteiger partial charge on any atom is -0.389 e. The standard InChI is InChI=1S/C31H52N2O2.C12H14N2/c1-2-3-4-5-6-7-8-9-10-11-12-13-14-18-25-35-27-30(34)26-33-23-21-31(28-32,22-24-33)29-19-16-15-17-20-29;13-10-12(6-8-14-9-7-12)11-4-2-1-3-5-11/h15-17,19-20,30,34H,2-14,18,21-27H2,1H3;1-5,14H,6-9H2. The normalized spacial score (nSPS) is 17.6. The predicted octanol–water partition coefficient (Wildman–Crippen LogP) is 9.23. The zero-order valence-electron chi connectivity index (χ0n) is 30.7. The highest BCUT2D eigenvalue weighted by Gasteiger charge is 2.36. The molecule has 2 heterocycles. The fraction of sp³-hybridized carbons (Fsp3) is 0.674. The number of unbranched alkanes of at least 4 members (excludes halogenated alkanes) is 13. The molecule has 2 aromatic rings. The average Bonchev–Trinajstić information content (AvgIpc) is 3.16. The van der Waals surface area contributed by atoms with Crippen LogP contribution in [0.1, 0.15) is 134 Å². The van der Waals surface area contributed by atoms with Crippen molar-refractivity contribution in [2.24, 2.45) is 0 Å². The van der Waals surface area contributed by atoms with Crippen molar-refractivity contribution in [3.8, 4) is 12.1 Å². The van der Waals surface area contributed by atoms with Crippen LogP contribution in [0.25, 0.3) is 0 Å². The summed E-state index contributed by atoms with van der Waals surface area (Å²) >= 11 is 0. The number of nitriles is 2. The Morgan fingerprint density at radius 2 is 1.10 bits per heavy atom. The van der Waals surface area contributed by atoms with E-state index in [0.29, 0.717) is 13.2 Å². The number of ether oxygens (including phenoxy) is 1. The second-order valence-electron chi connectivity index (χ2n) is 14.5. The first-order chi connectivity index (χ1) is 24.1. The van der Waals surface area contributed by atoms with Crippen molar-refractivity contribution < 1.29 is 9.84 Å². The van der Waals surface area contributed by atoms with Crippen molar-refractivity contribution in [2.45, 2.75) is 139 Å². The van der Waals surface area contributed by atoms with Gasteiger partial charge in [-0.3, -0.25) is 0 Å². The molecular weight excluding hydrogens is 604 g/mol. The van der Waals surface area contributed by atoms with Gasteiger partial charge in [-0.05, 0) is 56.3 Å². The lowest BCUT2D eigenvalue weighted by Crippen LogP contribution is -2.45. The SMILES string of the molecule is CCCCCCCCCCCCCCCCOCC(O)CN1CCC(C#N)(c2ccccc2)CC1.N#CC1(c2ccccc2)CCNCC1. The summed E-state index contributed by atoms with van der Waals surface area (Å²) < 4.78 is 5.75. The van der Waals surface area contributed by atoms with Gasteiger partial charge in [0.05, 0.1) is 35.7 Å². The van der Waals surface area contributed by atoms with E-state index in [9.17, 15) is 15.6 Å². The molecule has 0 aromatic heterocycles. The molecule has 49 heavy (non-hydrogen) atoms. The summed E-state index contributed by atoms with van der Waals surface area (Å²) in [5.74, 6) is 0. The predicted molar refractivity (Wildman–Crippen MR) is 202 cm³/mol. The molecule has 0 aliphatic carbocycles. The minimum atomic E-state index is -0.451. The van der Waals surface area contributed by atoms with E-state index >= 15 is 0 Å². The van der Waals surface area contributed by atoms with Gasteiger partial charge in [-0.2, -0.15) is 10.5 Å². The highest BCUT2D eigenvalue weighted by Crippen LogP contribution is 2.35. The van der Waals surface area contributed by atoms with E-state index < -0.39 is 6.10 Å². The molecule has 6 heteroatoms. The molecule has 0 saturated carbocycles. The molecule has 2 fully saturated rings. The lowest BCUT2D eigenvalue weighted by atomic mass is 9.74. The van der Waals surface area contributed by atoms with Crippen molar-refractivity contribution >= 4 is 0 Å². The first-order valence-corrected chi connectivity index (χ1v) is 19.7. The monoisotopic (exact) mass is 671 g/mol. The van der Waals surface area contributed by atoms with Crippen LogP contribution in [-0.2, 0) is 15.6 Å². The number of aliphatic hydroxyl groups excluding tert-OH is 1. The highest BCUT2D eigenvalue weighted by molar-refractivity contribution is 5.34. The minimum absolute atomic E-state index is 0.244. The molecular formula is C43H66N4O2. The van der Waals surface area contributed by atoms with Crippen LogP contribution in [0.5, 0.6) is 0 Å². The maximum absolute atomic E-state index is 10.4. The van der Waals surface area contributed by atoms with Gasteiger partial charge in [0.1, 0.15) is 0 Å². The summed E-state index contributed by atoms with van der Waals surface area (Å²) in [5.41, 5.74) is 1.67. The lowest BCUT2D eigenvalue weighted by Gasteiger charge is -2.38. The van der Waals surface area contributed by atoms with Crippen LogP contribution < -0.4 is 5.32 Å². The highest BCUT2D eigenvalue weighted by atomic mass is 16.5. The maximum atomic E-state index is 10.4. The number of benzene rings is 2. The quantitative estimate of drug-likeness (QED) is 0.129. The summed E-state index contributed by atoms with van der Waals surface area (Å²) in [6, 6.07) is 25.4. The molecule has 2 aliphatic rings. The number of rotatable bonds is 21. The second-order valence-corrected chi connectivity index (χ2v) is 14.5. The maximum Gasteiger partial charge on any atom is 0.0900 e. The van der Waals surface area contributed by atoms with Crippen molar-refractivity contribution in [3.05, 3.63) is 71.8 Å². The Hall–Kier alpha value is -2.74. The molecule has 2 N–H and O–H groups in total. The number of likely N-dealkylation sites (tertiary alicyclic amines) is 1. The van der Waals surface area contributed by atoms with Crippen LogP contribution in [-0.4, -0.2) is 62.0 Å². The number of nitrogens with one attached hydrogen (secondary N) is 1. The second kappa shape index (κ2) is 24.4. The molecule has 2 aliphatic heterocycles. The lowest BCUT2D eigenvalue weighted by molar-refractivity contribution is 0.00971. The van der Waals surface area contributed by atoms with Crippen LogP contribution in [0.2, 0.25) is 0 Å². The van der Waals surface area contributed by atoms with Crippen LogP contribution in [0.15, 0.2) is 60.7 Å². The first-order valence-electron chi connectivity index (χ1n) is 19.7. The fourth-order valence-electron chi connectivity index (χ4n) is 7.38.